The van der Waals surface area contributed by atoms with Crippen molar-refractivity contribution in [2.45, 2.75) is 75.7 Å². The lowest BCUT2D eigenvalue weighted by Gasteiger charge is -2.26. The molecule has 296 valence electrons. The monoisotopic (exact) mass is 776 g/mol. The number of thioether (sulfide) groups is 1. The number of carbonyl (C=O) groups excluding carboxylic acids is 6. The zero-order chi connectivity index (χ0) is 39.9. The van der Waals surface area contributed by atoms with Crippen LogP contribution in [0.15, 0.2) is 60.9 Å². The second-order valence-electron chi connectivity index (χ2n) is 13.3. The summed E-state index contributed by atoms with van der Waals surface area (Å²) in [5, 5.41) is 15.2. The fourth-order valence-corrected chi connectivity index (χ4v) is 6.69. The van der Waals surface area contributed by atoms with E-state index in [4.69, 9.17) is 17.2 Å². The molecule has 2 heterocycles. The average molecular weight is 777 g/mol. The number of rotatable bonds is 22. The standard InChI is InChI=1S/C38H52N10O6S/c1-22(44-36(52)30(14-16-55-2)45-33(49)19-40)35(51)47-31(17-23-20-42-27-11-5-3-9-25(23)27)38(54)48-32(18-24-21-43-28-12-6-4-10-26(24)28)37(53)46-29(34(41)50)13-7-8-15-39/h3-6,9-12,20-22,29-32,42-43H,7-8,13-19,39-40H2,1-2H3,(H2,41,50)(H,44,52)(H,45,49)(H,46,53)(H,47,51)(H,48,54)/t22-,29-,30-,31+,32+/m0/s1. The van der Waals surface area contributed by atoms with Gasteiger partial charge in [-0.2, -0.15) is 11.8 Å². The Balaban J connectivity index is 1.61. The fourth-order valence-electron chi connectivity index (χ4n) is 6.22. The molecule has 4 rings (SSSR count). The number of nitrogens with one attached hydrogen (secondary N) is 7. The second kappa shape index (κ2) is 20.9. The molecule has 0 fully saturated rings. The van der Waals surface area contributed by atoms with Crippen molar-refractivity contribution in [1.29, 1.82) is 0 Å². The molecule has 2 aromatic heterocycles. The SMILES string of the molecule is CSCC[C@H](NC(=O)CN)C(=O)N[C@@H](C)C(=O)N[C@H](Cc1c[nH]c2ccccc12)C(=O)N[C@H](Cc1c[nH]c2ccccc12)C(=O)N[C@@H](CCCCN)C(N)=O. The first-order valence-corrected chi connectivity index (χ1v) is 19.6. The maximum atomic E-state index is 14.3. The molecular weight excluding hydrogens is 725 g/mol. The van der Waals surface area contributed by atoms with Gasteiger partial charge in [0.1, 0.15) is 30.2 Å². The third-order valence-corrected chi connectivity index (χ3v) is 9.91. The van der Waals surface area contributed by atoms with Gasteiger partial charge in [0.2, 0.25) is 35.4 Å². The number of H-pyrrole nitrogens is 2. The highest BCUT2D eigenvalue weighted by molar-refractivity contribution is 7.98. The minimum Gasteiger partial charge on any atom is -0.368 e. The highest BCUT2D eigenvalue weighted by atomic mass is 32.2. The Labute approximate surface area is 323 Å². The van der Waals surface area contributed by atoms with E-state index in [0.29, 0.717) is 31.6 Å². The molecule has 16 nitrogen and oxygen atoms in total. The molecule has 2 aromatic carbocycles. The Bertz CT molecular complexity index is 1950. The maximum absolute atomic E-state index is 14.3. The van der Waals surface area contributed by atoms with Crippen LogP contribution in [0.1, 0.15) is 43.7 Å². The first-order chi connectivity index (χ1) is 26.4. The number of hydrogen-bond donors (Lipinski definition) is 10. The average Bonchev–Trinajstić information content (AvgIpc) is 3.78. The van der Waals surface area contributed by atoms with Crippen LogP contribution in [0.4, 0.5) is 0 Å². The summed E-state index contributed by atoms with van der Waals surface area (Å²) in [7, 11) is 0. The predicted octanol–water partition coefficient (Wildman–Crippen LogP) is 0.204. The minimum atomic E-state index is -1.22. The van der Waals surface area contributed by atoms with Crippen LogP contribution < -0.4 is 43.8 Å². The summed E-state index contributed by atoms with van der Waals surface area (Å²) < 4.78 is 0. The largest absolute Gasteiger partial charge is 0.368 e. The van der Waals surface area contributed by atoms with Crippen molar-refractivity contribution in [3.63, 3.8) is 0 Å². The number of fused-ring (bicyclic) bond motifs is 2. The highest BCUT2D eigenvalue weighted by Crippen LogP contribution is 2.21. The van der Waals surface area contributed by atoms with Crippen molar-refractivity contribution in [1.82, 2.24) is 36.6 Å². The molecule has 0 saturated heterocycles. The molecule has 0 aliphatic carbocycles. The summed E-state index contributed by atoms with van der Waals surface area (Å²) in [6, 6.07) is 9.54. The summed E-state index contributed by atoms with van der Waals surface area (Å²) in [6.45, 7) is 1.57. The van der Waals surface area contributed by atoms with Gasteiger partial charge in [-0.3, -0.25) is 28.8 Å². The number of carbonyl (C=O) groups is 6. The smallest absolute Gasteiger partial charge is 0.243 e. The molecule has 0 spiro atoms. The van der Waals surface area contributed by atoms with Crippen molar-refractivity contribution in [3.05, 3.63) is 72.1 Å². The summed E-state index contributed by atoms with van der Waals surface area (Å²) in [5.41, 5.74) is 19.8. The first-order valence-electron chi connectivity index (χ1n) is 18.2. The number of primary amides is 1. The number of hydrogen-bond acceptors (Lipinski definition) is 9. The molecule has 0 unspecified atom stereocenters. The number of para-hydroxylation sites is 2. The molecule has 4 aromatic rings. The Morgan fingerprint density at radius 2 is 1.16 bits per heavy atom. The molecule has 6 amide bonds. The normalized spacial score (nSPS) is 14.0. The zero-order valence-corrected chi connectivity index (χ0v) is 31.9. The zero-order valence-electron chi connectivity index (χ0n) is 31.1. The van der Waals surface area contributed by atoms with Crippen LogP contribution in [-0.4, -0.2) is 101 Å². The van der Waals surface area contributed by atoms with Crippen molar-refractivity contribution >= 4 is 69.0 Å². The summed E-state index contributed by atoms with van der Waals surface area (Å²) in [6.07, 6.45) is 7.18. The van der Waals surface area contributed by atoms with Gasteiger partial charge >= 0.3 is 0 Å². The van der Waals surface area contributed by atoms with Crippen LogP contribution in [0.3, 0.4) is 0 Å². The van der Waals surface area contributed by atoms with E-state index in [2.05, 4.69) is 36.6 Å². The number of nitrogens with two attached hydrogens (primary N) is 3. The molecule has 5 atom stereocenters. The van der Waals surface area contributed by atoms with Gasteiger partial charge in [-0.05, 0) is 74.4 Å². The minimum absolute atomic E-state index is 0.0234. The predicted molar refractivity (Wildman–Crippen MR) is 213 cm³/mol. The quantitative estimate of drug-likeness (QED) is 0.0488. The van der Waals surface area contributed by atoms with Gasteiger partial charge in [0.15, 0.2) is 0 Å². The van der Waals surface area contributed by atoms with Gasteiger partial charge < -0.3 is 53.8 Å². The van der Waals surface area contributed by atoms with Gasteiger partial charge in [0.05, 0.1) is 6.54 Å². The fraction of sp³-hybridized carbons (Fsp3) is 0.421. The maximum Gasteiger partial charge on any atom is 0.243 e. The van der Waals surface area contributed by atoms with E-state index >= 15 is 0 Å². The first kappa shape index (κ1) is 42.4. The van der Waals surface area contributed by atoms with Gasteiger partial charge in [-0.15, -0.1) is 0 Å². The van der Waals surface area contributed by atoms with Gasteiger partial charge in [0.25, 0.3) is 0 Å². The molecule has 13 N–H and O–H groups in total. The van der Waals surface area contributed by atoms with E-state index in [0.717, 1.165) is 32.9 Å². The van der Waals surface area contributed by atoms with E-state index in [1.54, 1.807) is 12.4 Å². The van der Waals surface area contributed by atoms with E-state index in [1.807, 2.05) is 54.8 Å². The number of amides is 6. The van der Waals surface area contributed by atoms with E-state index in [1.165, 1.54) is 18.7 Å². The van der Waals surface area contributed by atoms with Crippen LogP contribution in [-0.2, 0) is 41.6 Å². The summed E-state index contributed by atoms with van der Waals surface area (Å²) in [5.74, 6) is -3.24. The summed E-state index contributed by atoms with van der Waals surface area (Å²) in [4.78, 5) is 85.9. The van der Waals surface area contributed by atoms with E-state index < -0.39 is 65.7 Å². The lowest BCUT2D eigenvalue weighted by atomic mass is 10.0. The van der Waals surface area contributed by atoms with E-state index in [9.17, 15) is 28.8 Å². The molecule has 0 radical (unpaired) electrons. The van der Waals surface area contributed by atoms with Crippen LogP contribution in [0.25, 0.3) is 21.8 Å². The number of aromatic amines is 2. The van der Waals surface area contributed by atoms with Crippen LogP contribution in [0, 0.1) is 0 Å². The van der Waals surface area contributed by atoms with Gasteiger partial charge in [0, 0.05) is 47.0 Å². The Hall–Kier alpha value is -5.39. The Morgan fingerprint density at radius 1 is 0.655 bits per heavy atom. The second-order valence-corrected chi connectivity index (χ2v) is 14.3. The van der Waals surface area contributed by atoms with Crippen LogP contribution in [0.2, 0.25) is 0 Å². The van der Waals surface area contributed by atoms with Crippen molar-refractivity contribution in [3.8, 4) is 0 Å². The van der Waals surface area contributed by atoms with Gasteiger partial charge in [-0.25, -0.2) is 0 Å². The number of benzene rings is 2. The molecule has 55 heavy (non-hydrogen) atoms. The molecule has 0 aliphatic rings. The molecule has 0 saturated carbocycles. The third kappa shape index (κ3) is 12.1. The molecule has 0 bridgehead atoms. The van der Waals surface area contributed by atoms with Crippen molar-refractivity contribution < 1.29 is 28.8 Å². The van der Waals surface area contributed by atoms with Gasteiger partial charge in [-0.1, -0.05) is 36.4 Å². The lowest BCUT2D eigenvalue weighted by Crippen LogP contribution is -2.59. The molecular formula is C38H52N10O6S. The number of unbranched alkanes of at least 4 members (excludes halogenated alkanes) is 1. The number of aromatic nitrogens is 2. The summed E-state index contributed by atoms with van der Waals surface area (Å²) >= 11 is 1.49. The molecule has 0 aliphatic heterocycles. The Morgan fingerprint density at radius 3 is 1.67 bits per heavy atom. The lowest BCUT2D eigenvalue weighted by molar-refractivity contribution is -0.134. The third-order valence-electron chi connectivity index (χ3n) is 9.27. The van der Waals surface area contributed by atoms with Crippen molar-refractivity contribution in [2.24, 2.45) is 17.2 Å². The van der Waals surface area contributed by atoms with Crippen LogP contribution in [0.5, 0.6) is 0 Å². The highest BCUT2D eigenvalue weighted by Gasteiger charge is 2.32. The topological polar surface area (TPSA) is 272 Å². The van der Waals surface area contributed by atoms with E-state index in [-0.39, 0.29) is 25.8 Å². The van der Waals surface area contributed by atoms with Crippen LogP contribution >= 0.6 is 11.8 Å². The Kier molecular flexibility index (Phi) is 16.1. The molecule has 17 heteroatoms. The van der Waals surface area contributed by atoms with Crippen molar-refractivity contribution in [2.75, 3.05) is 25.1 Å².